The van der Waals surface area contributed by atoms with Crippen molar-refractivity contribution >= 4 is 23.5 Å². The summed E-state index contributed by atoms with van der Waals surface area (Å²) in [5, 5.41) is 0. The van der Waals surface area contributed by atoms with Crippen LogP contribution in [0.4, 0.5) is 0 Å². The third-order valence-electron chi connectivity index (χ3n) is 9.26. The average molecular weight is 431 g/mol. The molecule has 4 aliphatic carbocycles. The van der Waals surface area contributed by atoms with E-state index >= 15 is 0 Å². The number of allylic oxidation sites excluding steroid dienone is 1. The van der Waals surface area contributed by atoms with Gasteiger partial charge in [0.25, 0.3) is 0 Å². The molecule has 3 fully saturated rings. The highest BCUT2D eigenvalue weighted by molar-refractivity contribution is 5.93. The number of hydrogen-bond acceptors (Lipinski definition) is 6. The van der Waals surface area contributed by atoms with Gasteiger partial charge in [-0.2, -0.15) is 0 Å². The van der Waals surface area contributed by atoms with Crippen LogP contribution in [0.5, 0.6) is 0 Å². The van der Waals surface area contributed by atoms with Gasteiger partial charge < -0.3 is 9.47 Å². The van der Waals surface area contributed by atoms with E-state index < -0.39 is 23.0 Å². The van der Waals surface area contributed by atoms with Crippen molar-refractivity contribution in [1.29, 1.82) is 0 Å². The minimum absolute atomic E-state index is 0.0482. The summed E-state index contributed by atoms with van der Waals surface area (Å²) in [6.45, 7) is 6.70. The Morgan fingerprint density at radius 1 is 0.968 bits per heavy atom. The maximum atomic E-state index is 13.4. The van der Waals surface area contributed by atoms with Gasteiger partial charge in [-0.3, -0.25) is 19.2 Å². The number of rotatable bonds is 4. The predicted molar refractivity (Wildman–Crippen MR) is 113 cm³/mol. The summed E-state index contributed by atoms with van der Waals surface area (Å²) in [5.41, 5.74) is -0.348. The van der Waals surface area contributed by atoms with Gasteiger partial charge in [-0.05, 0) is 74.2 Å². The number of ether oxygens (including phenoxy) is 2. The molecule has 0 aromatic rings. The lowest BCUT2D eigenvalue weighted by Crippen LogP contribution is -2.59. The van der Waals surface area contributed by atoms with Crippen LogP contribution in [0.3, 0.4) is 0 Å². The number of hydrogen-bond donors (Lipinski definition) is 0. The van der Waals surface area contributed by atoms with E-state index in [0.717, 1.165) is 38.5 Å². The Morgan fingerprint density at radius 2 is 1.68 bits per heavy atom. The van der Waals surface area contributed by atoms with Crippen LogP contribution in [0.1, 0.15) is 79.1 Å². The molecule has 0 aliphatic heterocycles. The fourth-order valence-corrected chi connectivity index (χ4v) is 7.77. The van der Waals surface area contributed by atoms with Crippen molar-refractivity contribution in [3.05, 3.63) is 11.6 Å². The molecule has 0 aromatic heterocycles. The SMILES string of the molecule is CC(=O)OCC(=O)[C@@]1(OC(C)=O)CCC2C3CCC4=CC(=O)CCC4(C)C3CCC21C. The van der Waals surface area contributed by atoms with Crippen LogP contribution in [0.2, 0.25) is 0 Å². The molecule has 0 bridgehead atoms. The van der Waals surface area contributed by atoms with Crippen molar-refractivity contribution in [2.45, 2.75) is 84.7 Å². The number of Topliss-reactive ketones (excluding diaryl/α,β-unsaturated/α-hetero) is 1. The van der Waals surface area contributed by atoms with Crippen molar-refractivity contribution in [3.63, 3.8) is 0 Å². The predicted octanol–water partition coefficient (Wildman–Crippen LogP) is 3.95. The van der Waals surface area contributed by atoms with Gasteiger partial charge in [0, 0.05) is 25.7 Å². The summed E-state index contributed by atoms with van der Waals surface area (Å²) in [6, 6.07) is 0. The molecule has 6 heteroatoms. The molecule has 3 saturated carbocycles. The van der Waals surface area contributed by atoms with Gasteiger partial charge in [0.15, 0.2) is 18.0 Å². The van der Waals surface area contributed by atoms with Gasteiger partial charge in [0.1, 0.15) is 0 Å². The van der Waals surface area contributed by atoms with E-state index in [1.165, 1.54) is 19.4 Å². The first-order valence-electron chi connectivity index (χ1n) is 11.6. The second kappa shape index (κ2) is 7.56. The molecule has 5 unspecified atom stereocenters. The van der Waals surface area contributed by atoms with Gasteiger partial charge in [-0.25, -0.2) is 0 Å². The molecule has 0 radical (unpaired) electrons. The lowest BCUT2D eigenvalue weighted by molar-refractivity contribution is -0.190. The van der Waals surface area contributed by atoms with Gasteiger partial charge in [-0.15, -0.1) is 0 Å². The number of esters is 2. The van der Waals surface area contributed by atoms with E-state index in [1.807, 2.05) is 6.08 Å². The second-order valence-corrected chi connectivity index (χ2v) is 10.6. The molecule has 0 amide bonds. The Kier molecular flexibility index (Phi) is 5.42. The van der Waals surface area contributed by atoms with Crippen LogP contribution >= 0.6 is 0 Å². The standard InChI is InChI=1S/C25H34O6/c1-15(26)30-14-22(29)25(31-16(2)27)12-9-21-19-6-5-17-13-18(28)7-10-23(17,3)20(19)8-11-24(21,25)4/h13,19-21H,5-12,14H2,1-4H3/t19?,20?,21?,23?,24?,25-/m0/s1. The van der Waals surface area contributed by atoms with Crippen LogP contribution in [0, 0.1) is 28.6 Å². The maximum Gasteiger partial charge on any atom is 0.303 e. The Balaban J connectivity index is 1.67. The lowest BCUT2D eigenvalue weighted by Gasteiger charge is -2.59. The number of fused-ring (bicyclic) bond motifs is 5. The van der Waals surface area contributed by atoms with E-state index in [-0.39, 0.29) is 29.5 Å². The summed E-state index contributed by atoms with van der Waals surface area (Å²) in [5.74, 6) is 0.156. The Morgan fingerprint density at radius 3 is 2.35 bits per heavy atom. The molecule has 0 N–H and O–H groups in total. The molecule has 0 aromatic carbocycles. The van der Waals surface area contributed by atoms with Crippen LogP contribution in [0.25, 0.3) is 0 Å². The molecular formula is C25H34O6. The fraction of sp³-hybridized carbons (Fsp3) is 0.760. The highest BCUT2D eigenvalue weighted by Crippen LogP contribution is 2.68. The number of carbonyl (C=O) groups excluding carboxylic acids is 4. The molecule has 0 heterocycles. The molecule has 0 saturated heterocycles. The number of carbonyl (C=O) groups is 4. The summed E-state index contributed by atoms with van der Waals surface area (Å²) in [7, 11) is 0. The third-order valence-corrected chi connectivity index (χ3v) is 9.26. The lowest BCUT2D eigenvalue weighted by atomic mass is 9.46. The quantitative estimate of drug-likeness (QED) is 0.628. The fourth-order valence-electron chi connectivity index (χ4n) is 7.77. The smallest absolute Gasteiger partial charge is 0.303 e. The van der Waals surface area contributed by atoms with E-state index in [4.69, 9.17) is 9.47 Å². The van der Waals surface area contributed by atoms with Crippen molar-refractivity contribution < 1.29 is 28.7 Å². The third kappa shape index (κ3) is 3.28. The largest absolute Gasteiger partial charge is 0.458 e. The van der Waals surface area contributed by atoms with Crippen LogP contribution < -0.4 is 0 Å². The first-order chi connectivity index (χ1) is 14.5. The zero-order chi connectivity index (χ0) is 22.6. The first-order valence-corrected chi connectivity index (χ1v) is 11.6. The molecular weight excluding hydrogens is 396 g/mol. The summed E-state index contributed by atoms with van der Waals surface area (Å²) in [4.78, 5) is 48.8. The zero-order valence-electron chi connectivity index (χ0n) is 19.1. The second-order valence-electron chi connectivity index (χ2n) is 10.6. The van der Waals surface area contributed by atoms with Crippen molar-refractivity contribution in [2.24, 2.45) is 28.6 Å². The van der Waals surface area contributed by atoms with Gasteiger partial charge in [0.05, 0.1) is 0 Å². The Labute approximate surface area is 184 Å². The van der Waals surface area contributed by atoms with Crippen LogP contribution in [0.15, 0.2) is 11.6 Å². The van der Waals surface area contributed by atoms with E-state index in [0.29, 0.717) is 24.7 Å². The van der Waals surface area contributed by atoms with Crippen molar-refractivity contribution in [3.8, 4) is 0 Å². The van der Waals surface area contributed by atoms with Gasteiger partial charge >= 0.3 is 11.9 Å². The van der Waals surface area contributed by atoms with E-state index in [1.54, 1.807) is 0 Å². The molecule has 31 heavy (non-hydrogen) atoms. The summed E-state index contributed by atoms with van der Waals surface area (Å²) >= 11 is 0. The monoisotopic (exact) mass is 430 g/mol. The molecule has 4 rings (SSSR count). The normalized spacial score (nSPS) is 41.4. The Bertz CT molecular complexity index is 858. The molecule has 6 atom stereocenters. The van der Waals surface area contributed by atoms with Crippen LogP contribution in [-0.2, 0) is 28.7 Å². The highest BCUT2D eigenvalue weighted by Gasteiger charge is 2.68. The van der Waals surface area contributed by atoms with E-state index in [9.17, 15) is 19.2 Å². The van der Waals surface area contributed by atoms with E-state index in [2.05, 4.69) is 13.8 Å². The van der Waals surface area contributed by atoms with Crippen LogP contribution in [-0.4, -0.2) is 35.7 Å². The minimum Gasteiger partial charge on any atom is -0.458 e. The average Bonchev–Trinajstić information content (AvgIpc) is 2.99. The maximum absolute atomic E-state index is 13.4. The topological polar surface area (TPSA) is 86.7 Å². The highest BCUT2D eigenvalue weighted by atomic mass is 16.6. The summed E-state index contributed by atoms with van der Waals surface area (Å²) < 4.78 is 10.9. The minimum atomic E-state index is -1.23. The molecule has 0 spiro atoms. The Hall–Kier alpha value is -1.98. The van der Waals surface area contributed by atoms with Crippen molar-refractivity contribution in [1.82, 2.24) is 0 Å². The number of ketones is 2. The zero-order valence-corrected chi connectivity index (χ0v) is 19.1. The first kappa shape index (κ1) is 22.2. The van der Waals surface area contributed by atoms with Gasteiger partial charge in [-0.1, -0.05) is 19.4 Å². The summed E-state index contributed by atoms with van der Waals surface area (Å²) in [6.07, 6.45) is 8.39. The molecule has 6 nitrogen and oxygen atoms in total. The molecule has 170 valence electrons. The van der Waals surface area contributed by atoms with Gasteiger partial charge in [0.2, 0.25) is 5.78 Å². The molecule has 4 aliphatic rings. The van der Waals surface area contributed by atoms with Crippen molar-refractivity contribution in [2.75, 3.05) is 6.61 Å².